The molecule has 0 saturated carbocycles. The zero-order valence-electron chi connectivity index (χ0n) is 12.7. The van der Waals surface area contributed by atoms with E-state index >= 15 is 0 Å². The van der Waals surface area contributed by atoms with Crippen LogP contribution in [0.15, 0.2) is 18.2 Å². The van der Waals surface area contributed by atoms with E-state index < -0.39 is 0 Å². The number of amides is 1. The maximum atomic E-state index is 11.0. The van der Waals surface area contributed by atoms with Gasteiger partial charge in [-0.05, 0) is 26.8 Å². The van der Waals surface area contributed by atoms with Crippen LogP contribution in [-0.2, 0) is 11.3 Å². The fraction of sp³-hybridized carbons (Fsp3) is 0.533. The number of nitrogens with two attached hydrogens (primary N) is 1. The minimum Gasteiger partial charge on any atom is -0.493 e. The lowest BCUT2D eigenvalue weighted by molar-refractivity contribution is -0.119. The van der Waals surface area contributed by atoms with Crippen molar-refractivity contribution >= 4 is 5.91 Å². The summed E-state index contributed by atoms with van der Waals surface area (Å²) in [5, 5.41) is 3.31. The SMILES string of the molecule is CCOc1cccc(CNC(C)(C)CC(N)=O)c1OC. The second-order valence-corrected chi connectivity index (χ2v) is 5.26. The number of rotatable bonds is 8. The van der Waals surface area contributed by atoms with Crippen LogP contribution in [0.2, 0.25) is 0 Å². The largest absolute Gasteiger partial charge is 0.493 e. The van der Waals surface area contributed by atoms with Crippen molar-refractivity contribution in [3.8, 4) is 11.5 Å². The lowest BCUT2D eigenvalue weighted by Crippen LogP contribution is -2.42. The van der Waals surface area contributed by atoms with Gasteiger partial charge >= 0.3 is 0 Å². The molecule has 0 radical (unpaired) electrons. The summed E-state index contributed by atoms with van der Waals surface area (Å²) in [6, 6.07) is 5.76. The molecule has 1 aromatic rings. The van der Waals surface area contributed by atoms with E-state index in [0.717, 1.165) is 17.1 Å². The molecule has 0 heterocycles. The molecule has 0 bridgehead atoms. The zero-order chi connectivity index (χ0) is 15.2. The van der Waals surface area contributed by atoms with E-state index in [-0.39, 0.29) is 17.9 Å². The molecule has 0 aliphatic rings. The maximum Gasteiger partial charge on any atom is 0.219 e. The Morgan fingerprint density at radius 2 is 2.10 bits per heavy atom. The summed E-state index contributed by atoms with van der Waals surface area (Å²) < 4.78 is 11.0. The van der Waals surface area contributed by atoms with E-state index in [1.807, 2.05) is 39.0 Å². The quantitative estimate of drug-likeness (QED) is 0.762. The van der Waals surface area contributed by atoms with Crippen LogP contribution >= 0.6 is 0 Å². The number of primary amides is 1. The number of para-hydroxylation sites is 1. The van der Waals surface area contributed by atoms with Crippen molar-refractivity contribution in [2.75, 3.05) is 13.7 Å². The lowest BCUT2D eigenvalue weighted by atomic mass is 9.99. The fourth-order valence-electron chi connectivity index (χ4n) is 2.03. The molecule has 5 heteroatoms. The van der Waals surface area contributed by atoms with E-state index in [4.69, 9.17) is 15.2 Å². The Hall–Kier alpha value is -1.75. The number of nitrogens with one attached hydrogen (secondary N) is 1. The van der Waals surface area contributed by atoms with Crippen molar-refractivity contribution in [3.63, 3.8) is 0 Å². The molecule has 5 nitrogen and oxygen atoms in total. The Balaban J connectivity index is 2.82. The molecule has 0 atom stereocenters. The molecule has 20 heavy (non-hydrogen) atoms. The summed E-state index contributed by atoms with van der Waals surface area (Å²) >= 11 is 0. The van der Waals surface area contributed by atoms with Gasteiger partial charge in [0.05, 0.1) is 13.7 Å². The van der Waals surface area contributed by atoms with Gasteiger partial charge in [0, 0.05) is 24.1 Å². The van der Waals surface area contributed by atoms with Gasteiger partial charge in [-0.3, -0.25) is 4.79 Å². The van der Waals surface area contributed by atoms with Crippen LogP contribution in [0.25, 0.3) is 0 Å². The normalized spacial score (nSPS) is 11.2. The van der Waals surface area contributed by atoms with Crippen molar-refractivity contribution < 1.29 is 14.3 Å². The van der Waals surface area contributed by atoms with Crippen molar-refractivity contribution in [3.05, 3.63) is 23.8 Å². The van der Waals surface area contributed by atoms with Crippen LogP contribution in [-0.4, -0.2) is 25.2 Å². The average molecular weight is 280 g/mol. The van der Waals surface area contributed by atoms with Gasteiger partial charge in [0.1, 0.15) is 0 Å². The predicted octanol–water partition coefficient (Wildman–Crippen LogP) is 1.84. The Labute approximate surface area is 120 Å². The summed E-state index contributed by atoms with van der Waals surface area (Å²) in [5.74, 6) is 1.12. The molecule has 3 N–H and O–H groups in total. The molecule has 1 rings (SSSR count). The van der Waals surface area contributed by atoms with Gasteiger partial charge in [0.15, 0.2) is 11.5 Å². The molecule has 1 aromatic carbocycles. The molecule has 0 unspecified atom stereocenters. The minimum absolute atomic E-state index is 0.278. The van der Waals surface area contributed by atoms with E-state index in [2.05, 4.69) is 5.32 Å². The number of benzene rings is 1. The number of ether oxygens (including phenoxy) is 2. The van der Waals surface area contributed by atoms with Gasteiger partial charge in [-0.2, -0.15) is 0 Å². The van der Waals surface area contributed by atoms with E-state index in [9.17, 15) is 4.79 Å². The summed E-state index contributed by atoms with van der Waals surface area (Å²) in [7, 11) is 1.62. The van der Waals surface area contributed by atoms with Crippen molar-refractivity contribution in [2.24, 2.45) is 5.73 Å². The first kappa shape index (κ1) is 16.3. The Bertz CT molecular complexity index is 458. The van der Waals surface area contributed by atoms with Gasteiger partial charge in [0.25, 0.3) is 0 Å². The highest BCUT2D eigenvalue weighted by Crippen LogP contribution is 2.31. The Kier molecular flexibility index (Phi) is 5.82. The standard InChI is InChI=1S/C15H24N2O3/c1-5-20-12-8-6-7-11(14(12)19-4)10-17-15(2,3)9-13(16)18/h6-8,17H,5,9-10H2,1-4H3,(H2,16,18). The smallest absolute Gasteiger partial charge is 0.219 e. The average Bonchev–Trinajstić information content (AvgIpc) is 2.35. The number of carbonyl (C=O) groups is 1. The number of methoxy groups -OCH3 is 1. The highest BCUT2D eigenvalue weighted by atomic mass is 16.5. The van der Waals surface area contributed by atoms with Gasteiger partial charge in [-0.1, -0.05) is 12.1 Å². The lowest BCUT2D eigenvalue weighted by Gasteiger charge is -2.25. The van der Waals surface area contributed by atoms with E-state index in [1.54, 1.807) is 7.11 Å². The van der Waals surface area contributed by atoms with Crippen molar-refractivity contribution in [2.45, 2.75) is 39.3 Å². The number of hydrogen-bond donors (Lipinski definition) is 2. The molecule has 1 amide bonds. The minimum atomic E-state index is -0.363. The van der Waals surface area contributed by atoms with Gasteiger partial charge in [0.2, 0.25) is 5.91 Å². The molecule has 0 aliphatic carbocycles. The monoisotopic (exact) mass is 280 g/mol. The molecule has 0 fully saturated rings. The third kappa shape index (κ3) is 4.74. The van der Waals surface area contributed by atoms with Crippen LogP contribution in [0.5, 0.6) is 11.5 Å². The van der Waals surface area contributed by atoms with Gasteiger partial charge in [-0.25, -0.2) is 0 Å². The first-order valence-electron chi connectivity index (χ1n) is 6.71. The Morgan fingerprint density at radius 1 is 1.40 bits per heavy atom. The number of hydrogen-bond acceptors (Lipinski definition) is 4. The fourth-order valence-corrected chi connectivity index (χ4v) is 2.03. The van der Waals surface area contributed by atoms with Crippen LogP contribution in [0, 0.1) is 0 Å². The second kappa shape index (κ2) is 7.14. The highest BCUT2D eigenvalue weighted by Gasteiger charge is 2.20. The van der Waals surface area contributed by atoms with E-state index in [0.29, 0.717) is 13.2 Å². The first-order chi connectivity index (χ1) is 9.39. The zero-order valence-corrected chi connectivity index (χ0v) is 12.7. The molecular formula is C15H24N2O3. The third-order valence-electron chi connectivity index (χ3n) is 2.94. The summed E-state index contributed by atoms with van der Waals surface area (Å²) in [6.45, 7) is 6.97. The molecule has 0 aromatic heterocycles. The third-order valence-corrected chi connectivity index (χ3v) is 2.94. The summed E-state index contributed by atoms with van der Waals surface area (Å²) in [5.41, 5.74) is 5.86. The number of carbonyl (C=O) groups excluding carboxylic acids is 1. The van der Waals surface area contributed by atoms with Gasteiger partial charge in [-0.15, -0.1) is 0 Å². The maximum absolute atomic E-state index is 11.0. The molecule has 0 saturated heterocycles. The van der Waals surface area contributed by atoms with Crippen molar-refractivity contribution in [1.82, 2.24) is 5.32 Å². The van der Waals surface area contributed by atoms with Gasteiger partial charge < -0.3 is 20.5 Å². The molecule has 112 valence electrons. The van der Waals surface area contributed by atoms with Crippen LogP contribution < -0.4 is 20.5 Å². The summed E-state index contributed by atoms with van der Waals surface area (Å²) in [4.78, 5) is 11.0. The molecular weight excluding hydrogens is 256 g/mol. The van der Waals surface area contributed by atoms with Crippen LogP contribution in [0.4, 0.5) is 0 Å². The Morgan fingerprint density at radius 3 is 2.65 bits per heavy atom. The summed E-state index contributed by atoms with van der Waals surface area (Å²) in [6.07, 6.45) is 0.278. The van der Waals surface area contributed by atoms with Crippen LogP contribution in [0.1, 0.15) is 32.8 Å². The molecule has 0 spiro atoms. The first-order valence-corrected chi connectivity index (χ1v) is 6.71. The van der Waals surface area contributed by atoms with E-state index in [1.165, 1.54) is 0 Å². The second-order valence-electron chi connectivity index (χ2n) is 5.26. The van der Waals surface area contributed by atoms with Crippen molar-refractivity contribution in [1.29, 1.82) is 0 Å². The van der Waals surface area contributed by atoms with Crippen LogP contribution in [0.3, 0.4) is 0 Å². The highest BCUT2D eigenvalue weighted by molar-refractivity contribution is 5.75. The molecule has 0 aliphatic heterocycles. The predicted molar refractivity (Wildman–Crippen MR) is 78.9 cm³/mol. The topological polar surface area (TPSA) is 73.6 Å².